The third-order valence-electron chi connectivity index (χ3n) is 3.08. The summed E-state index contributed by atoms with van der Waals surface area (Å²) in [4.78, 5) is 15.6. The molecule has 0 bridgehead atoms. The van der Waals surface area contributed by atoms with Crippen LogP contribution in [0.5, 0.6) is 0 Å². The number of amides is 1. The Hall–Kier alpha value is -0.610. The van der Waals surface area contributed by atoms with Crippen molar-refractivity contribution in [2.75, 3.05) is 27.2 Å². The maximum atomic E-state index is 11.2. The van der Waals surface area contributed by atoms with Crippen molar-refractivity contribution in [3.63, 3.8) is 0 Å². The van der Waals surface area contributed by atoms with Crippen LogP contribution in [0.15, 0.2) is 0 Å². The predicted octanol–water partition coefficient (Wildman–Crippen LogP) is -0.114. The van der Waals surface area contributed by atoms with Crippen LogP contribution in [0.3, 0.4) is 0 Å². The van der Waals surface area contributed by atoms with Crippen molar-refractivity contribution in [2.45, 2.75) is 31.8 Å². The summed E-state index contributed by atoms with van der Waals surface area (Å²) in [5, 5.41) is 0. The second kappa shape index (κ2) is 4.75. The number of primary amides is 1. The van der Waals surface area contributed by atoms with E-state index in [-0.39, 0.29) is 11.9 Å². The van der Waals surface area contributed by atoms with Gasteiger partial charge in [0, 0.05) is 19.1 Å². The lowest BCUT2D eigenvalue weighted by atomic mass is 10.2. The number of carbonyl (C=O) groups is 1. The van der Waals surface area contributed by atoms with Crippen LogP contribution >= 0.6 is 0 Å². The average Bonchev–Trinajstić information content (AvgIpc) is 2.53. The lowest BCUT2D eigenvalue weighted by Gasteiger charge is -2.25. The minimum Gasteiger partial charge on any atom is -0.368 e. The van der Waals surface area contributed by atoms with Crippen LogP contribution in [-0.4, -0.2) is 55.0 Å². The Kier molecular flexibility index (Phi) is 3.89. The third kappa shape index (κ3) is 2.45. The van der Waals surface area contributed by atoms with Gasteiger partial charge >= 0.3 is 0 Å². The predicted molar refractivity (Wildman–Crippen MR) is 56.9 cm³/mol. The Morgan fingerprint density at radius 3 is 2.64 bits per heavy atom. The number of carbonyl (C=O) groups excluding carboxylic acids is 1. The molecule has 2 atom stereocenters. The summed E-state index contributed by atoms with van der Waals surface area (Å²) in [5.74, 6) is -0.188. The first-order valence-corrected chi connectivity index (χ1v) is 5.26. The van der Waals surface area contributed by atoms with Gasteiger partial charge in [0.15, 0.2) is 0 Å². The number of nitrogens with zero attached hydrogens (tertiary/aromatic N) is 2. The van der Waals surface area contributed by atoms with Crippen LogP contribution in [-0.2, 0) is 4.79 Å². The number of rotatable bonds is 4. The van der Waals surface area contributed by atoms with Crippen LogP contribution in [0, 0.1) is 0 Å². The highest BCUT2D eigenvalue weighted by Crippen LogP contribution is 2.17. The highest BCUT2D eigenvalue weighted by atomic mass is 16.1. The quantitative estimate of drug-likeness (QED) is 0.687. The topological polar surface area (TPSA) is 49.6 Å². The molecule has 82 valence electrons. The van der Waals surface area contributed by atoms with Crippen LogP contribution in [0.1, 0.15) is 19.8 Å². The van der Waals surface area contributed by atoms with Crippen molar-refractivity contribution in [1.29, 1.82) is 0 Å². The van der Waals surface area contributed by atoms with Crippen molar-refractivity contribution in [3.8, 4) is 0 Å². The standard InChI is InChI=1S/C10H21N3O/c1-4-9(10(11)14)13-6-5-8(7-13)12(2)3/h8-9H,4-7H2,1-3H3,(H2,11,14). The molecule has 1 fully saturated rings. The number of hydrogen-bond donors (Lipinski definition) is 1. The van der Waals surface area contributed by atoms with Crippen LogP contribution in [0.4, 0.5) is 0 Å². The lowest BCUT2D eigenvalue weighted by molar-refractivity contribution is -0.123. The van der Waals surface area contributed by atoms with Gasteiger partial charge in [0.2, 0.25) is 5.91 Å². The number of likely N-dealkylation sites (N-methyl/N-ethyl adjacent to an activating group) is 1. The van der Waals surface area contributed by atoms with Crippen LogP contribution in [0.2, 0.25) is 0 Å². The van der Waals surface area contributed by atoms with E-state index in [1.54, 1.807) is 0 Å². The van der Waals surface area contributed by atoms with Gasteiger partial charge in [-0.1, -0.05) is 6.92 Å². The van der Waals surface area contributed by atoms with Crippen molar-refractivity contribution < 1.29 is 4.79 Å². The lowest BCUT2D eigenvalue weighted by Crippen LogP contribution is -2.44. The van der Waals surface area contributed by atoms with Gasteiger partial charge < -0.3 is 10.6 Å². The fourth-order valence-electron chi connectivity index (χ4n) is 2.11. The molecule has 0 spiro atoms. The van der Waals surface area contributed by atoms with Crippen molar-refractivity contribution in [1.82, 2.24) is 9.80 Å². The number of likely N-dealkylation sites (tertiary alicyclic amines) is 1. The first-order valence-electron chi connectivity index (χ1n) is 5.26. The monoisotopic (exact) mass is 199 g/mol. The Morgan fingerprint density at radius 1 is 1.64 bits per heavy atom. The maximum absolute atomic E-state index is 11.2. The highest BCUT2D eigenvalue weighted by Gasteiger charge is 2.30. The molecule has 1 aliphatic heterocycles. The molecular weight excluding hydrogens is 178 g/mol. The number of hydrogen-bond acceptors (Lipinski definition) is 3. The highest BCUT2D eigenvalue weighted by molar-refractivity contribution is 5.79. The molecule has 14 heavy (non-hydrogen) atoms. The zero-order valence-electron chi connectivity index (χ0n) is 9.36. The third-order valence-corrected chi connectivity index (χ3v) is 3.08. The molecular formula is C10H21N3O. The molecule has 2 N–H and O–H groups in total. The van der Waals surface area contributed by atoms with E-state index in [2.05, 4.69) is 23.9 Å². The summed E-state index contributed by atoms with van der Waals surface area (Å²) >= 11 is 0. The van der Waals surface area contributed by atoms with Gasteiger partial charge in [-0.15, -0.1) is 0 Å². The van der Waals surface area contributed by atoms with E-state index in [9.17, 15) is 4.79 Å². The second-order valence-corrected chi connectivity index (χ2v) is 4.23. The zero-order valence-corrected chi connectivity index (χ0v) is 9.36. The summed E-state index contributed by atoms with van der Waals surface area (Å²) < 4.78 is 0. The Labute approximate surface area is 86.0 Å². The fraction of sp³-hybridized carbons (Fsp3) is 0.900. The molecule has 0 aliphatic carbocycles. The largest absolute Gasteiger partial charge is 0.368 e. The van der Waals surface area contributed by atoms with Gasteiger partial charge in [0.1, 0.15) is 0 Å². The smallest absolute Gasteiger partial charge is 0.234 e. The summed E-state index contributed by atoms with van der Waals surface area (Å²) in [6.45, 7) is 3.97. The molecule has 1 rings (SSSR count). The van der Waals surface area contributed by atoms with Gasteiger partial charge in [-0.3, -0.25) is 9.69 Å². The Bertz CT molecular complexity index is 206. The molecule has 1 amide bonds. The molecule has 0 aromatic rings. The minimum atomic E-state index is -0.188. The molecule has 4 heteroatoms. The van der Waals surface area contributed by atoms with Crippen molar-refractivity contribution >= 4 is 5.91 Å². The van der Waals surface area contributed by atoms with Gasteiger partial charge in [0.05, 0.1) is 6.04 Å². The summed E-state index contributed by atoms with van der Waals surface area (Å²) in [5.41, 5.74) is 5.35. The summed E-state index contributed by atoms with van der Waals surface area (Å²) in [6.07, 6.45) is 1.95. The zero-order chi connectivity index (χ0) is 10.7. The van der Waals surface area contributed by atoms with E-state index in [1.807, 2.05) is 6.92 Å². The molecule has 0 aromatic heterocycles. The molecule has 4 nitrogen and oxygen atoms in total. The Morgan fingerprint density at radius 2 is 2.29 bits per heavy atom. The van der Waals surface area contributed by atoms with E-state index in [1.165, 1.54) is 0 Å². The summed E-state index contributed by atoms with van der Waals surface area (Å²) in [7, 11) is 4.17. The van der Waals surface area contributed by atoms with Gasteiger partial charge in [-0.05, 0) is 26.9 Å². The molecule has 1 saturated heterocycles. The normalized spacial score (nSPS) is 25.6. The van der Waals surface area contributed by atoms with E-state index in [4.69, 9.17) is 5.73 Å². The molecule has 1 aliphatic rings. The fourth-order valence-corrected chi connectivity index (χ4v) is 2.11. The SMILES string of the molecule is CCC(C(N)=O)N1CCC(N(C)C)C1. The van der Waals surface area contributed by atoms with E-state index in [0.717, 1.165) is 25.9 Å². The molecule has 2 unspecified atom stereocenters. The summed E-state index contributed by atoms with van der Waals surface area (Å²) in [6, 6.07) is 0.503. The maximum Gasteiger partial charge on any atom is 0.234 e. The molecule has 0 aromatic carbocycles. The van der Waals surface area contributed by atoms with Crippen LogP contribution in [0.25, 0.3) is 0 Å². The van der Waals surface area contributed by atoms with Crippen LogP contribution < -0.4 is 5.73 Å². The minimum absolute atomic E-state index is 0.0695. The van der Waals surface area contributed by atoms with Gasteiger partial charge in [-0.25, -0.2) is 0 Å². The van der Waals surface area contributed by atoms with Gasteiger partial charge in [0.25, 0.3) is 0 Å². The first-order chi connectivity index (χ1) is 6.56. The first kappa shape index (κ1) is 11.5. The van der Waals surface area contributed by atoms with E-state index >= 15 is 0 Å². The Balaban J connectivity index is 2.51. The van der Waals surface area contributed by atoms with Crippen molar-refractivity contribution in [2.24, 2.45) is 5.73 Å². The van der Waals surface area contributed by atoms with Gasteiger partial charge in [-0.2, -0.15) is 0 Å². The molecule has 1 heterocycles. The van der Waals surface area contributed by atoms with Crippen molar-refractivity contribution in [3.05, 3.63) is 0 Å². The molecule has 0 saturated carbocycles. The van der Waals surface area contributed by atoms with E-state index in [0.29, 0.717) is 6.04 Å². The van der Waals surface area contributed by atoms with E-state index < -0.39 is 0 Å². The average molecular weight is 199 g/mol. The number of nitrogens with two attached hydrogens (primary N) is 1. The molecule has 0 radical (unpaired) electrons. The second-order valence-electron chi connectivity index (χ2n) is 4.23.